The molecule has 4 aromatic rings. The molecule has 0 spiro atoms. The van der Waals surface area contributed by atoms with Gasteiger partial charge in [-0.3, -0.25) is 0 Å². The van der Waals surface area contributed by atoms with E-state index in [9.17, 15) is 0 Å². The molecule has 1 atom stereocenters. The van der Waals surface area contributed by atoms with Crippen molar-refractivity contribution in [3.05, 3.63) is 84.1 Å². The molecule has 0 aliphatic heterocycles. The van der Waals surface area contributed by atoms with E-state index in [4.69, 9.17) is 15.2 Å². The fourth-order valence-corrected chi connectivity index (χ4v) is 2.91. The van der Waals surface area contributed by atoms with Gasteiger partial charge in [-0.15, -0.1) is 0 Å². The summed E-state index contributed by atoms with van der Waals surface area (Å²) in [4.78, 5) is 8.77. The molecule has 0 bridgehead atoms. The molecule has 0 aliphatic carbocycles. The van der Waals surface area contributed by atoms with Crippen LogP contribution in [-0.4, -0.2) is 9.97 Å². The van der Waals surface area contributed by atoms with Crippen LogP contribution in [0.5, 0.6) is 23.3 Å². The smallest absolute Gasteiger partial charge is 0.219 e. The summed E-state index contributed by atoms with van der Waals surface area (Å²) < 4.78 is 11.8. The first-order chi connectivity index (χ1) is 13.6. The third-order valence-electron chi connectivity index (χ3n) is 4.43. The van der Waals surface area contributed by atoms with Gasteiger partial charge in [-0.1, -0.05) is 12.1 Å². The topological polar surface area (TPSA) is 70.3 Å². The van der Waals surface area contributed by atoms with Crippen molar-refractivity contribution in [2.75, 3.05) is 0 Å². The third kappa shape index (κ3) is 3.94. The summed E-state index contributed by atoms with van der Waals surface area (Å²) in [5.41, 5.74) is 8.86. The highest BCUT2D eigenvalue weighted by Gasteiger charge is 2.08. The summed E-state index contributed by atoms with van der Waals surface area (Å²) in [7, 11) is 0. The fraction of sp³-hybridized carbons (Fsp3) is 0.130. The number of pyridine rings is 2. The Hall–Kier alpha value is -3.44. The van der Waals surface area contributed by atoms with E-state index in [0.29, 0.717) is 17.5 Å². The number of aromatic nitrogens is 2. The molecule has 2 aromatic carbocycles. The zero-order chi connectivity index (χ0) is 19.5. The van der Waals surface area contributed by atoms with Crippen LogP contribution >= 0.6 is 0 Å². The van der Waals surface area contributed by atoms with Gasteiger partial charge in [-0.05, 0) is 67.4 Å². The first-order valence-electron chi connectivity index (χ1n) is 9.12. The zero-order valence-electron chi connectivity index (χ0n) is 15.8. The van der Waals surface area contributed by atoms with E-state index in [0.717, 1.165) is 27.8 Å². The van der Waals surface area contributed by atoms with Gasteiger partial charge in [0.15, 0.2) is 0 Å². The van der Waals surface area contributed by atoms with Crippen molar-refractivity contribution in [3.8, 4) is 23.3 Å². The predicted octanol–water partition coefficient (Wildman–Crippen LogP) is 5.54. The number of benzene rings is 2. The van der Waals surface area contributed by atoms with Crippen molar-refractivity contribution >= 4 is 10.9 Å². The van der Waals surface area contributed by atoms with E-state index in [1.807, 2.05) is 74.5 Å². The Morgan fingerprint density at radius 3 is 2.54 bits per heavy atom. The summed E-state index contributed by atoms with van der Waals surface area (Å²) in [6.45, 7) is 3.94. The second-order valence-corrected chi connectivity index (χ2v) is 6.69. The Morgan fingerprint density at radius 2 is 1.79 bits per heavy atom. The van der Waals surface area contributed by atoms with E-state index < -0.39 is 0 Å². The summed E-state index contributed by atoms with van der Waals surface area (Å²) >= 11 is 0. The predicted molar refractivity (Wildman–Crippen MR) is 110 cm³/mol. The Labute approximate surface area is 163 Å². The number of hydrogen-bond donors (Lipinski definition) is 1. The number of ether oxygens (including phenoxy) is 2. The quantitative estimate of drug-likeness (QED) is 0.498. The lowest BCUT2D eigenvalue weighted by atomic mass is 10.1. The molecule has 5 nitrogen and oxygen atoms in total. The fourth-order valence-electron chi connectivity index (χ4n) is 2.91. The van der Waals surface area contributed by atoms with E-state index >= 15 is 0 Å². The van der Waals surface area contributed by atoms with Crippen LogP contribution in [0.3, 0.4) is 0 Å². The maximum atomic E-state index is 5.99. The van der Waals surface area contributed by atoms with Crippen molar-refractivity contribution in [1.29, 1.82) is 0 Å². The van der Waals surface area contributed by atoms with Crippen molar-refractivity contribution in [3.63, 3.8) is 0 Å². The highest BCUT2D eigenvalue weighted by Crippen LogP contribution is 2.30. The lowest BCUT2D eigenvalue weighted by Crippen LogP contribution is -2.04. The monoisotopic (exact) mass is 371 g/mol. The molecule has 0 amide bonds. The second kappa shape index (κ2) is 7.66. The van der Waals surface area contributed by atoms with Crippen LogP contribution in [0, 0.1) is 6.92 Å². The van der Waals surface area contributed by atoms with Gasteiger partial charge in [0.25, 0.3) is 0 Å². The van der Waals surface area contributed by atoms with Crippen LogP contribution < -0.4 is 15.2 Å². The zero-order valence-corrected chi connectivity index (χ0v) is 15.8. The molecule has 2 heterocycles. The molecule has 2 aromatic heterocycles. The van der Waals surface area contributed by atoms with Gasteiger partial charge >= 0.3 is 0 Å². The second-order valence-electron chi connectivity index (χ2n) is 6.69. The molecular weight excluding hydrogens is 350 g/mol. The number of fused-ring (bicyclic) bond motifs is 1. The van der Waals surface area contributed by atoms with Gasteiger partial charge in [0.1, 0.15) is 11.5 Å². The first kappa shape index (κ1) is 17.9. The van der Waals surface area contributed by atoms with Crippen LogP contribution in [0.25, 0.3) is 10.9 Å². The first-order valence-corrected chi connectivity index (χ1v) is 9.12. The molecular formula is C23H21N3O2. The van der Waals surface area contributed by atoms with Crippen molar-refractivity contribution in [2.45, 2.75) is 19.9 Å². The normalized spacial score (nSPS) is 12.0. The molecule has 4 rings (SSSR count). The van der Waals surface area contributed by atoms with Crippen LogP contribution in [0.4, 0.5) is 0 Å². The van der Waals surface area contributed by atoms with E-state index in [2.05, 4.69) is 16.0 Å². The van der Waals surface area contributed by atoms with E-state index in [1.54, 1.807) is 6.20 Å². The Kier molecular flexibility index (Phi) is 4.91. The molecule has 0 aliphatic rings. The molecule has 2 N–H and O–H groups in total. The Bertz CT molecular complexity index is 1110. The molecule has 0 saturated heterocycles. The minimum atomic E-state index is -0.00482. The number of aryl methyl sites for hydroxylation is 1. The van der Waals surface area contributed by atoms with Gasteiger partial charge in [0.05, 0.1) is 5.52 Å². The largest absolute Gasteiger partial charge is 0.439 e. The van der Waals surface area contributed by atoms with Crippen LogP contribution in [0.1, 0.15) is 24.1 Å². The third-order valence-corrected chi connectivity index (χ3v) is 4.43. The maximum absolute atomic E-state index is 5.99. The Morgan fingerprint density at radius 1 is 0.893 bits per heavy atom. The lowest BCUT2D eigenvalue weighted by Gasteiger charge is -2.11. The molecule has 28 heavy (non-hydrogen) atoms. The summed E-state index contributed by atoms with van der Waals surface area (Å²) in [6, 6.07) is 21.1. The van der Waals surface area contributed by atoms with Crippen molar-refractivity contribution in [2.24, 2.45) is 5.73 Å². The number of hydrogen-bond acceptors (Lipinski definition) is 5. The van der Waals surface area contributed by atoms with Gasteiger partial charge < -0.3 is 15.2 Å². The van der Waals surface area contributed by atoms with Gasteiger partial charge in [-0.25, -0.2) is 9.97 Å². The van der Waals surface area contributed by atoms with E-state index in [1.165, 1.54) is 0 Å². The summed E-state index contributed by atoms with van der Waals surface area (Å²) in [5.74, 6) is 2.53. The summed E-state index contributed by atoms with van der Waals surface area (Å²) in [6.07, 6.45) is 1.70. The number of nitrogens with zero attached hydrogens (tertiary/aromatic N) is 2. The van der Waals surface area contributed by atoms with Gasteiger partial charge in [0, 0.05) is 29.8 Å². The number of nitrogens with two attached hydrogens (primary N) is 1. The van der Waals surface area contributed by atoms with Crippen molar-refractivity contribution < 1.29 is 9.47 Å². The van der Waals surface area contributed by atoms with E-state index in [-0.39, 0.29) is 6.04 Å². The standard InChI is InChI=1S/C23H21N3O2/c1-15-13-19(27-22-5-3-4-12-25-22)8-10-21(15)28-23-11-7-18-14-17(16(2)24)6-9-20(18)26-23/h3-14,16H,24H2,1-2H3. The molecule has 5 heteroatoms. The molecule has 0 fully saturated rings. The van der Waals surface area contributed by atoms with Crippen LogP contribution in [0.2, 0.25) is 0 Å². The van der Waals surface area contributed by atoms with Crippen LogP contribution in [-0.2, 0) is 0 Å². The Balaban J connectivity index is 1.54. The van der Waals surface area contributed by atoms with Gasteiger partial charge in [0.2, 0.25) is 11.8 Å². The minimum Gasteiger partial charge on any atom is -0.439 e. The van der Waals surface area contributed by atoms with Crippen molar-refractivity contribution in [1.82, 2.24) is 9.97 Å². The van der Waals surface area contributed by atoms with Gasteiger partial charge in [-0.2, -0.15) is 0 Å². The maximum Gasteiger partial charge on any atom is 0.219 e. The number of rotatable bonds is 5. The molecule has 0 radical (unpaired) electrons. The highest BCUT2D eigenvalue weighted by molar-refractivity contribution is 5.80. The average molecular weight is 371 g/mol. The lowest BCUT2D eigenvalue weighted by molar-refractivity contribution is 0.448. The highest BCUT2D eigenvalue weighted by atomic mass is 16.5. The molecule has 140 valence electrons. The van der Waals surface area contributed by atoms with Crippen LogP contribution in [0.15, 0.2) is 72.9 Å². The summed E-state index contributed by atoms with van der Waals surface area (Å²) in [5, 5.41) is 1.04. The molecule has 0 saturated carbocycles. The molecule has 1 unspecified atom stereocenters. The average Bonchev–Trinajstić information content (AvgIpc) is 2.70. The minimum absolute atomic E-state index is 0.00482. The SMILES string of the molecule is Cc1cc(Oc2ccccn2)ccc1Oc1ccc2cc(C(C)N)ccc2n1.